The van der Waals surface area contributed by atoms with E-state index in [4.69, 9.17) is 10.2 Å². The lowest BCUT2D eigenvalue weighted by atomic mass is 9.89. The molecule has 1 saturated heterocycles. The number of sulfonamides is 1. The zero-order chi connectivity index (χ0) is 19.7. The average molecular weight is 434 g/mol. The van der Waals surface area contributed by atoms with E-state index in [2.05, 4.69) is 4.98 Å². The maximum absolute atomic E-state index is 13.2. The minimum Gasteiger partial charge on any atom is -0.449 e. The molecule has 1 aliphatic heterocycles. The first-order valence-corrected chi connectivity index (χ1v) is 10.7. The summed E-state index contributed by atoms with van der Waals surface area (Å²) in [5, 5.41) is 0. The lowest BCUT2D eigenvalue weighted by Crippen LogP contribution is -2.30. The van der Waals surface area contributed by atoms with Crippen LogP contribution in [0, 0.1) is 12.8 Å². The van der Waals surface area contributed by atoms with Crippen LogP contribution in [0.3, 0.4) is 0 Å². The van der Waals surface area contributed by atoms with Crippen LogP contribution in [0.1, 0.15) is 17.4 Å². The Morgan fingerprint density at radius 1 is 1.10 bits per heavy atom. The van der Waals surface area contributed by atoms with Crippen molar-refractivity contribution in [2.75, 3.05) is 19.6 Å². The zero-order valence-corrected chi connectivity index (χ0v) is 17.7. The molecule has 29 heavy (non-hydrogen) atoms. The van der Waals surface area contributed by atoms with Gasteiger partial charge in [-0.25, -0.2) is 13.4 Å². The minimum atomic E-state index is -3.58. The SMILES string of the molecule is Cc1nc(-c2ccc(S(=O)(=O)N3C[C@@H](CN)[C@H](c4ccccc4)C3)cc2)co1.Cl. The Morgan fingerprint density at radius 3 is 2.38 bits per heavy atom. The Kier molecular flexibility index (Phi) is 6.43. The molecule has 0 unspecified atom stereocenters. The Labute approximate surface area is 177 Å². The van der Waals surface area contributed by atoms with Crippen molar-refractivity contribution in [3.05, 3.63) is 72.3 Å². The summed E-state index contributed by atoms with van der Waals surface area (Å²) in [5.74, 6) is 0.788. The van der Waals surface area contributed by atoms with Gasteiger partial charge < -0.3 is 10.2 Å². The van der Waals surface area contributed by atoms with E-state index in [1.54, 1.807) is 41.8 Å². The second-order valence-electron chi connectivity index (χ2n) is 7.11. The predicted octanol–water partition coefficient (Wildman–Crippen LogP) is 3.43. The van der Waals surface area contributed by atoms with E-state index in [-0.39, 0.29) is 29.1 Å². The molecule has 154 valence electrons. The molecule has 0 saturated carbocycles. The topological polar surface area (TPSA) is 89.4 Å². The van der Waals surface area contributed by atoms with Gasteiger partial charge in [-0.05, 0) is 30.2 Å². The molecule has 0 amide bonds. The van der Waals surface area contributed by atoms with Crippen molar-refractivity contribution < 1.29 is 12.8 Å². The van der Waals surface area contributed by atoms with Gasteiger partial charge in [0, 0.05) is 31.5 Å². The predicted molar refractivity (Wildman–Crippen MR) is 114 cm³/mol. The van der Waals surface area contributed by atoms with Crippen LogP contribution in [0.5, 0.6) is 0 Å². The zero-order valence-electron chi connectivity index (χ0n) is 16.1. The van der Waals surface area contributed by atoms with Crippen molar-refractivity contribution in [1.29, 1.82) is 0 Å². The summed E-state index contributed by atoms with van der Waals surface area (Å²) >= 11 is 0. The highest BCUT2D eigenvalue weighted by atomic mass is 35.5. The molecule has 0 radical (unpaired) electrons. The minimum absolute atomic E-state index is 0. The van der Waals surface area contributed by atoms with Crippen LogP contribution < -0.4 is 5.73 Å². The van der Waals surface area contributed by atoms with E-state index in [1.165, 1.54) is 0 Å². The third-order valence-electron chi connectivity index (χ3n) is 5.34. The van der Waals surface area contributed by atoms with Crippen LogP contribution in [0.2, 0.25) is 0 Å². The molecule has 1 fully saturated rings. The summed E-state index contributed by atoms with van der Waals surface area (Å²) in [6.07, 6.45) is 1.57. The summed E-state index contributed by atoms with van der Waals surface area (Å²) in [6, 6.07) is 16.8. The maximum atomic E-state index is 13.2. The fraction of sp³-hybridized carbons (Fsp3) is 0.286. The molecule has 0 bridgehead atoms. The summed E-state index contributed by atoms with van der Waals surface area (Å²) in [5.41, 5.74) is 8.60. The Morgan fingerprint density at radius 2 is 1.79 bits per heavy atom. The van der Waals surface area contributed by atoms with Crippen molar-refractivity contribution in [2.24, 2.45) is 11.7 Å². The maximum Gasteiger partial charge on any atom is 0.243 e. The van der Waals surface area contributed by atoms with E-state index in [1.807, 2.05) is 30.3 Å². The molecular formula is C21H24ClN3O3S. The number of nitrogens with two attached hydrogens (primary N) is 1. The standard InChI is InChI=1S/C21H23N3O3S.ClH/c1-15-23-21(14-27-15)17-7-9-19(10-8-17)28(25,26)24-12-18(11-22)20(13-24)16-5-3-2-4-6-16;/h2-10,14,18,20H,11-13,22H2,1H3;1H/t18-,20+;/m1./s1. The van der Waals surface area contributed by atoms with E-state index < -0.39 is 10.0 Å². The van der Waals surface area contributed by atoms with Gasteiger partial charge in [0.25, 0.3) is 0 Å². The monoisotopic (exact) mass is 433 g/mol. The summed E-state index contributed by atoms with van der Waals surface area (Å²) in [6.45, 7) is 3.10. The molecule has 2 aromatic carbocycles. The molecule has 1 aliphatic rings. The largest absolute Gasteiger partial charge is 0.449 e. The molecule has 6 nitrogen and oxygen atoms in total. The van der Waals surface area contributed by atoms with E-state index in [0.717, 1.165) is 11.1 Å². The van der Waals surface area contributed by atoms with Gasteiger partial charge in [-0.3, -0.25) is 0 Å². The van der Waals surface area contributed by atoms with Crippen LogP contribution in [0.15, 0.2) is 70.2 Å². The van der Waals surface area contributed by atoms with Gasteiger partial charge in [0.2, 0.25) is 10.0 Å². The van der Waals surface area contributed by atoms with E-state index in [9.17, 15) is 8.42 Å². The third-order valence-corrected chi connectivity index (χ3v) is 7.19. The van der Waals surface area contributed by atoms with Gasteiger partial charge in [-0.2, -0.15) is 4.31 Å². The second kappa shape index (κ2) is 8.67. The number of hydrogen-bond donors (Lipinski definition) is 1. The van der Waals surface area contributed by atoms with Crippen LogP contribution in [0.4, 0.5) is 0 Å². The van der Waals surface area contributed by atoms with Gasteiger partial charge in [-0.1, -0.05) is 42.5 Å². The number of nitrogens with zero attached hydrogens (tertiary/aromatic N) is 2. The first kappa shape index (κ1) is 21.5. The normalized spacial score (nSPS) is 19.8. The van der Waals surface area contributed by atoms with Crippen molar-refractivity contribution in [2.45, 2.75) is 17.7 Å². The highest BCUT2D eigenvalue weighted by Gasteiger charge is 2.39. The lowest BCUT2D eigenvalue weighted by Gasteiger charge is -2.17. The molecule has 2 N–H and O–H groups in total. The molecular weight excluding hydrogens is 410 g/mol. The van der Waals surface area contributed by atoms with Crippen LogP contribution in [-0.4, -0.2) is 37.3 Å². The van der Waals surface area contributed by atoms with E-state index >= 15 is 0 Å². The van der Waals surface area contributed by atoms with Gasteiger partial charge in [-0.15, -0.1) is 12.4 Å². The Hall–Kier alpha value is -2.19. The quantitative estimate of drug-likeness (QED) is 0.665. The van der Waals surface area contributed by atoms with Crippen LogP contribution in [-0.2, 0) is 10.0 Å². The molecule has 0 aliphatic carbocycles. The molecule has 1 aromatic heterocycles. The lowest BCUT2D eigenvalue weighted by molar-refractivity contribution is 0.459. The Bertz CT molecular complexity index is 1050. The van der Waals surface area contributed by atoms with Crippen molar-refractivity contribution in [3.63, 3.8) is 0 Å². The molecule has 3 aromatic rings. The van der Waals surface area contributed by atoms with Gasteiger partial charge in [0.05, 0.1) is 4.90 Å². The van der Waals surface area contributed by atoms with Crippen molar-refractivity contribution in [3.8, 4) is 11.3 Å². The molecule has 2 atom stereocenters. The average Bonchev–Trinajstić information content (AvgIpc) is 3.35. The summed E-state index contributed by atoms with van der Waals surface area (Å²) < 4.78 is 33.1. The highest BCUT2D eigenvalue weighted by molar-refractivity contribution is 7.89. The van der Waals surface area contributed by atoms with Gasteiger partial charge in [0.15, 0.2) is 5.89 Å². The van der Waals surface area contributed by atoms with E-state index in [0.29, 0.717) is 31.2 Å². The number of rotatable bonds is 5. The van der Waals surface area contributed by atoms with Gasteiger partial charge >= 0.3 is 0 Å². The molecule has 8 heteroatoms. The number of halogens is 1. The smallest absolute Gasteiger partial charge is 0.243 e. The molecule has 0 spiro atoms. The second-order valence-corrected chi connectivity index (χ2v) is 9.05. The summed E-state index contributed by atoms with van der Waals surface area (Å²) in [7, 11) is -3.58. The number of aromatic nitrogens is 1. The Balaban J connectivity index is 0.00000240. The van der Waals surface area contributed by atoms with Crippen molar-refractivity contribution in [1.82, 2.24) is 9.29 Å². The fourth-order valence-corrected chi connectivity index (χ4v) is 5.31. The number of hydrogen-bond acceptors (Lipinski definition) is 5. The number of benzene rings is 2. The summed E-state index contributed by atoms with van der Waals surface area (Å²) in [4.78, 5) is 4.55. The third kappa shape index (κ3) is 4.23. The highest BCUT2D eigenvalue weighted by Crippen LogP contribution is 2.35. The fourth-order valence-electron chi connectivity index (χ4n) is 3.79. The molecule has 2 heterocycles. The molecule has 4 rings (SSSR count). The van der Waals surface area contributed by atoms with Gasteiger partial charge in [0.1, 0.15) is 12.0 Å². The van der Waals surface area contributed by atoms with Crippen LogP contribution in [0.25, 0.3) is 11.3 Å². The first-order chi connectivity index (χ1) is 13.5. The first-order valence-electron chi connectivity index (χ1n) is 9.27. The number of oxazole rings is 1. The van der Waals surface area contributed by atoms with Crippen molar-refractivity contribution >= 4 is 22.4 Å². The number of aryl methyl sites for hydroxylation is 1. The van der Waals surface area contributed by atoms with Crippen LogP contribution >= 0.6 is 12.4 Å².